The number of carbonyl (C=O) groups is 1. The van der Waals surface area contributed by atoms with Crippen LogP contribution in [0.4, 0.5) is 5.69 Å². The predicted octanol–water partition coefficient (Wildman–Crippen LogP) is 3.73. The third-order valence-corrected chi connectivity index (χ3v) is 4.20. The first-order chi connectivity index (χ1) is 9.19. The number of ether oxygens (including phenoxy) is 1. The van der Waals surface area contributed by atoms with E-state index in [1.165, 1.54) is 32.8 Å². The van der Waals surface area contributed by atoms with Gasteiger partial charge in [-0.2, -0.15) is 0 Å². The summed E-state index contributed by atoms with van der Waals surface area (Å²) in [6.07, 6.45) is 5.20. The van der Waals surface area contributed by atoms with Crippen LogP contribution in [0, 0.1) is 11.8 Å². The Hall–Kier alpha value is -1.22. The summed E-state index contributed by atoms with van der Waals surface area (Å²) in [6.45, 7) is 0. The molecule has 0 amide bonds. The molecule has 0 radical (unpaired) electrons. The molecule has 102 valence electrons. The molecule has 1 aromatic carbocycles. The van der Waals surface area contributed by atoms with Crippen molar-refractivity contribution in [3.63, 3.8) is 0 Å². The highest BCUT2D eigenvalue weighted by Gasteiger charge is 2.41. The number of carbonyl (C=O) groups excluding carboxylic acids is 1. The molecule has 3 nitrogen and oxygen atoms in total. The third-order valence-electron chi connectivity index (χ3n) is 3.97. The maximum atomic E-state index is 11.8. The molecule has 0 aromatic heterocycles. The Morgan fingerprint density at radius 1 is 1.32 bits per heavy atom. The molecule has 2 saturated carbocycles. The van der Waals surface area contributed by atoms with Gasteiger partial charge in [-0.3, -0.25) is 0 Å². The lowest BCUT2D eigenvalue weighted by molar-refractivity contribution is 0.0601. The second kappa shape index (κ2) is 5.04. The van der Waals surface area contributed by atoms with Crippen LogP contribution in [-0.4, -0.2) is 19.1 Å². The molecule has 0 saturated heterocycles. The van der Waals surface area contributed by atoms with Gasteiger partial charge >= 0.3 is 5.97 Å². The molecule has 1 N–H and O–H groups in total. The monoisotopic (exact) mass is 279 g/mol. The van der Waals surface area contributed by atoms with Crippen molar-refractivity contribution in [3.05, 3.63) is 28.8 Å². The van der Waals surface area contributed by atoms with E-state index in [0.717, 1.165) is 17.5 Å². The summed E-state index contributed by atoms with van der Waals surface area (Å²) in [5, 5.41) is 4.11. The van der Waals surface area contributed by atoms with Gasteiger partial charge in [0.25, 0.3) is 0 Å². The highest BCUT2D eigenvalue weighted by molar-refractivity contribution is 6.31. The number of nitrogens with one attached hydrogen (secondary N) is 1. The number of halogens is 1. The maximum absolute atomic E-state index is 11.8. The van der Waals surface area contributed by atoms with Crippen molar-refractivity contribution in [3.8, 4) is 0 Å². The van der Waals surface area contributed by atoms with Crippen molar-refractivity contribution < 1.29 is 9.53 Å². The van der Waals surface area contributed by atoms with Gasteiger partial charge in [0.15, 0.2) is 0 Å². The van der Waals surface area contributed by atoms with Gasteiger partial charge in [0.05, 0.1) is 12.7 Å². The van der Waals surface area contributed by atoms with Crippen LogP contribution >= 0.6 is 11.6 Å². The smallest absolute Gasteiger partial charge is 0.340 e. The molecule has 3 rings (SSSR count). The van der Waals surface area contributed by atoms with Crippen LogP contribution < -0.4 is 5.32 Å². The Morgan fingerprint density at radius 3 is 2.47 bits per heavy atom. The van der Waals surface area contributed by atoms with E-state index in [9.17, 15) is 4.79 Å². The van der Waals surface area contributed by atoms with Gasteiger partial charge in [-0.15, -0.1) is 0 Å². The minimum atomic E-state index is -0.338. The summed E-state index contributed by atoms with van der Waals surface area (Å²) >= 11 is 5.97. The molecular formula is C15H18ClNO2. The van der Waals surface area contributed by atoms with Crippen molar-refractivity contribution in [2.75, 3.05) is 12.4 Å². The van der Waals surface area contributed by atoms with Crippen LogP contribution in [0.25, 0.3) is 0 Å². The minimum Gasteiger partial charge on any atom is -0.465 e. The number of benzene rings is 1. The number of hydrogen-bond acceptors (Lipinski definition) is 3. The lowest BCUT2D eigenvalue weighted by Crippen LogP contribution is -2.25. The van der Waals surface area contributed by atoms with Crippen molar-refractivity contribution in [2.24, 2.45) is 11.8 Å². The Kier molecular flexibility index (Phi) is 3.40. The summed E-state index contributed by atoms with van der Waals surface area (Å²) in [7, 11) is 1.40. The molecule has 2 fully saturated rings. The molecule has 0 spiro atoms. The SMILES string of the molecule is COC(=O)c1cc(Cl)ccc1NC(C1CC1)C1CC1. The van der Waals surface area contributed by atoms with Crippen molar-refractivity contribution >= 4 is 23.3 Å². The molecule has 0 aliphatic heterocycles. The number of rotatable bonds is 5. The average molecular weight is 280 g/mol. The van der Waals surface area contributed by atoms with Crippen LogP contribution in [0.15, 0.2) is 18.2 Å². The van der Waals surface area contributed by atoms with Gasteiger partial charge in [-0.25, -0.2) is 4.79 Å². The Balaban J connectivity index is 1.84. The molecule has 2 aliphatic carbocycles. The van der Waals surface area contributed by atoms with E-state index in [0.29, 0.717) is 16.6 Å². The topological polar surface area (TPSA) is 38.3 Å². The highest BCUT2D eigenvalue weighted by Crippen LogP contribution is 2.46. The van der Waals surface area contributed by atoms with E-state index in [1.807, 2.05) is 12.1 Å². The average Bonchev–Trinajstić information content (AvgIpc) is 3.28. The first-order valence-corrected chi connectivity index (χ1v) is 7.21. The maximum Gasteiger partial charge on any atom is 0.340 e. The molecule has 0 heterocycles. The van der Waals surface area contributed by atoms with E-state index < -0.39 is 0 Å². The van der Waals surface area contributed by atoms with Gasteiger partial charge in [0, 0.05) is 16.8 Å². The van der Waals surface area contributed by atoms with Gasteiger partial charge in [-0.05, 0) is 55.7 Å². The molecule has 0 atom stereocenters. The van der Waals surface area contributed by atoms with Crippen LogP contribution in [0.3, 0.4) is 0 Å². The van der Waals surface area contributed by atoms with E-state index in [1.54, 1.807) is 6.07 Å². The highest BCUT2D eigenvalue weighted by atomic mass is 35.5. The normalized spacial score (nSPS) is 18.5. The van der Waals surface area contributed by atoms with Crippen LogP contribution in [0.2, 0.25) is 5.02 Å². The molecular weight excluding hydrogens is 262 g/mol. The summed E-state index contributed by atoms with van der Waals surface area (Å²) in [4.78, 5) is 11.8. The van der Waals surface area contributed by atoms with E-state index in [4.69, 9.17) is 16.3 Å². The van der Waals surface area contributed by atoms with Gasteiger partial charge < -0.3 is 10.1 Å². The largest absolute Gasteiger partial charge is 0.465 e. The second-order valence-electron chi connectivity index (χ2n) is 5.53. The first kappa shape index (κ1) is 12.8. The lowest BCUT2D eigenvalue weighted by atomic mass is 10.1. The van der Waals surface area contributed by atoms with Crippen molar-refractivity contribution in [1.29, 1.82) is 0 Å². The summed E-state index contributed by atoms with van der Waals surface area (Å²) in [6, 6.07) is 5.87. The number of anilines is 1. The quantitative estimate of drug-likeness (QED) is 0.835. The summed E-state index contributed by atoms with van der Waals surface area (Å²) in [5.74, 6) is 1.21. The third kappa shape index (κ3) is 2.86. The molecule has 1 aromatic rings. The lowest BCUT2D eigenvalue weighted by Gasteiger charge is -2.21. The van der Waals surface area contributed by atoms with Crippen molar-refractivity contribution in [1.82, 2.24) is 0 Å². The molecule has 4 heteroatoms. The van der Waals surface area contributed by atoms with Gasteiger partial charge in [0.2, 0.25) is 0 Å². The Morgan fingerprint density at radius 2 is 1.95 bits per heavy atom. The van der Waals surface area contributed by atoms with Gasteiger partial charge in [-0.1, -0.05) is 11.6 Å². The van der Waals surface area contributed by atoms with E-state index >= 15 is 0 Å². The standard InChI is InChI=1S/C15H18ClNO2/c1-19-15(18)12-8-11(16)6-7-13(12)17-14(9-2-3-9)10-4-5-10/h6-10,14,17H,2-5H2,1H3. The van der Waals surface area contributed by atoms with E-state index in [2.05, 4.69) is 5.32 Å². The van der Waals surface area contributed by atoms with Gasteiger partial charge in [0.1, 0.15) is 0 Å². The predicted molar refractivity (Wildman–Crippen MR) is 75.7 cm³/mol. The molecule has 19 heavy (non-hydrogen) atoms. The zero-order valence-corrected chi connectivity index (χ0v) is 11.7. The molecule has 0 unspecified atom stereocenters. The number of hydrogen-bond donors (Lipinski definition) is 1. The van der Waals surface area contributed by atoms with Crippen LogP contribution in [0.5, 0.6) is 0 Å². The van der Waals surface area contributed by atoms with Crippen LogP contribution in [-0.2, 0) is 4.74 Å². The fourth-order valence-corrected chi connectivity index (χ4v) is 2.80. The zero-order valence-electron chi connectivity index (χ0n) is 11.0. The first-order valence-electron chi connectivity index (χ1n) is 6.83. The van der Waals surface area contributed by atoms with Crippen LogP contribution in [0.1, 0.15) is 36.0 Å². The molecule has 2 aliphatic rings. The number of esters is 1. The van der Waals surface area contributed by atoms with E-state index in [-0.39, 0.29) is 5.97 Å². The molecule has 0 bridgehead atoms. The second-order valence-corrected chi connectivity index (χ2v) is 5.96. The minimum absolute atomic E-state index is 0.338. The number of methoxy groups -OCH3 is 1. The zero-order chi connectivity index (χ0) is 13.4. The summed E-state index contributed by atoms with van der Waals surface area (Å²) < 4.78 is 4.83. The van der Waals surface area contributed by atoms with Crippen molar-refractivity contribution in [2.45, 2.75) is 31.7 Å². The fourth-order valence-electron chi connectivity index (χ4n) is 2.63. The Bertz CT molecular complexity index is 483. The fraction of sp³-hybridized carbons (Fsp3) is 0.533. The summed E-state index contributed by atoms with van der Waals surface area (Å²) in [5.41, 5.74) is 1.38. The Labute approximate surface area is 118 Å².